The van der Waals surface area contributed by atoms with Gasteiger partial charge < -0.3 is 15.3 Å². The van der Waals surface area contributed by atoms with Gasteiger partial charge in [-0.05, 0) is 31.5 Å². The molecule has 0 spiro atoms. The van der Waals surface area contributed by atoms with E-state index in [1.54, 1.807) is 24.3 Å². The number of fused-ring (bicyclic) bond motifs is 1. The van der Waals surface area contributed by atoms with Crippen molar-refractivity contribution in [3.05, 3.63) is 48.0 Å². The molecule has 1 fully saturated rings. The Bertz CT molecular complexity index is 734. The van der Waals surface area contributed by atoms with E-state index in [2.05, 4.69) is 10.2 Å². The quantitative estimate of drug-likeness (QED) is 0.774. The zero-order chi connectivity index (χ0) is 19.4. The van der Waals surface area contributed by atoms with Gasteiger partial charge in [0.05, 0.1) is 0 Å². The lowest BCUT2D eigenvalue weighted by Crippen LogP contribution is -2.66. The van der Waals surface area contributed by atoms with Crippen molar-refractivity contribution in [2.75, 3.05) is 19.6 Å². The lowest BCUT2D eigenvalue weighted by atomic mass is 9.97. The fourth-order valence-corrected chi connectivity index (χ4v) is 3.74. The van der Waals surface area contributed by atoms with Crippen LogP contribution in [-0.2, 0) is 9.59 Å². The van der Waals surface area contributed by atoms with Crippen LogP contribution in [0, 0.1) is 0 Å². The van der Waals surface area contributed by atoms with Crippen LogP contribution in [0.3, 0.4) is 0 Å². The third kappa shape index (κ3) is 4.19. The monoisotopic (exact) mass is 371 g/mol. The van der Waals surface area contributed by atoms with Gasteiger partial charge in [-0.1, -0.05) is 37.3 Å². The summed E-state index contributed by atoms with van der Waals surface area (Å²) in [7, 11) is 0. The van der Waals surface area contributed by atoms with Gasteiger partial charge in [-0.25, -0.2) is 4.79 Å². The van der Waals surface area contributed by atoms with Gasteiger partial charge in [0, 0.05) is 24.7 Å². The molecule has 0 aliphatic carbocycles. The Morgan fingerprint density at radius 1 is 1.15 bits per heavy atom. The van der Waals surface area contributed by atoms with Crippen molar-refractivity contribution in [3.63, 3.8) is 0 Å². The number of aliphatic carboxylic acids is 1. The van der Waals surface area contributed by atoms with E-state index >= 15 is 0 Å². The van der Waals surface area contributed by atoms with Crippen LogP contribution in [0.2, 0.25) is 0 Å². The number of nitrogens with zero attached hydrogens (tertiary/aromatic N) is 2. The number of hydrogen-bond donors (Lipinski definition) is 2. The average Bonchev–Trinajstić information content (AvgIpc) is 2.68. The van der Waals surface area contributed by atoms with Crippen LogP contribution in [-0.4, -0.2) is 70.4 Å². The highest BCUT2D eigenvalue weighted by molar-refractivity contribution is 5.98. The van der Waals surface area contributed by atoms with Crippen LogP contribution in [0.5, 0.6) is 0 Å². The molecule has 0 aromatic heterocycles. The molecule has 7 heteroatoms. The van der Waals surface area contributed by atoms with Gasteiger partial charge in [-0.2, -0.15) is 0 Å². The highest BCUT2D eigenvalue weighted by Crippen LogP contribution is 2.23. The van der Waals surface area contributed by atoms with Crippen molar-refractivity contribution in [1.82, 2.24) is 15.1 Å². The van der Waals surface area contributed by atoms with E-state index in [1.165, 1.54) is 4.90 Å². The highest BCUT2D eigenvalue weighted by atomic mass is 16.4. The van der Waals surface area contributed by atoms with Crippen LogP contribution >= 0.6 is 0 Å². The molecule has 3 atom stereocenters. The molecule has 0 unspecified atom stereocenters. The van der Waals surface area contributed by atoms with Crippen molar-refractivity contribution in [2.45, 2.75) is 37.9 Å². The van der Waals surface area contributed by atoms with Crippen LogP contribution < -0.4 is 5.32 Å². The summed E-state index contributed by atoms with van der Waals surface area (Å²) >= 11 is 0. The zero-order valence-corrected chi connectivity index (χ0v) is 15.4. The second-order valence-corrected chi connectivity index (χ2v) is 6.94. The first-order chi connectivity index (χ1) is 13.0. The van der Waals surface area contributed by atoms with E-state index in [0.29, 0.717) is 31.5 Å². The molecule has 1 saturated heterocycles. The molecule has 0 bridgehead atoms. The van der Waals surface area contributed by atoms with E-state index in [0.717, 1.165) is 6.54 Å². The Balaban J connectivity index is 1.84. The maximum Gasteiger partial charge on any atom is 0.327 e. The molecule has 1 aromatic carbocycles. The minimum Gasteiger partial charge on any atom is -0.480 e. The Labute approximate surface area is 158 Å². The first kappa shape index (κ1) is 19.1. The first-order valence-electron chi connectivity index (χ1n) is 9.29. The normalized spacial score (nSPS) is 27.2. The zero-order valence-electron chi connectivity index (χ0n) is 15.4. The van der Waals surface area contributed by atoms with Crippen molar-refractivity contribution < 1.29 is 19.5 Å². The molecular weight excluding hydrogens is 346 g/mol. The molecular formula is C20H25N3O4. The molecule has 2 heterocycles. The summed E-state index contributed by atoms with van der Waals surface area (Å²) in [5.74, 6) is -1.67. The molecule has 7 nitrogen and oxygen atoms in total. The summed E-state index contributed by atoms with van der Waals surface area (Å²) < 4.78 is 0. The number of likely N-dealkylation sites (N-methyl/N-ethyl adjacent to an activating group) is 1. The van der Waals surface area contributed by atoms with Gasteiger partial charge in [0.25, 0.3) is 5.91 Å². The van der Waals surface area contributed by atoms with Crippen LogP contribution in [0.1, 0.15) is 30.1 Å². The predicted octanol–water partition coefficient (Wildman–Crippen LogP) is 1.12. The molecule has 2 aliphatic rings. The highest BCUT2D eigenvalue weighted by Gasteiger charge is 2.43. The number of hydrogen-bond acceptors (Lipinski definition) is 4. The number of amides is 2. The Morgan fingerprint density at radius 3 is 2.52 bits per heavy atom. The van der Waals surface area contributed by atoms with Gasteiger partial charge in [0.2, 0.25) is 5.91 Å². The second-order valence-electron chi connectivity index (χ2n) is 6.94. The fourth-order valence-electron chi connectivity index (χ4n) is 3.74. The number of carboxylic acids is 1. The number of rotatable bonds is 4. The lowest BCUT2D eigenvalue weighted by Gasteiger charge is -2.46. The number of benzene rings is 1. The SMILES string of the molecule is CCN1C[C@@H]2C/C=C\C[C@H](NC(=O)c3ccccc3)C(=O)N2[C@H](C(=O)O)C1. The average molecular weight is 371 g/mol. The summed E-state index contributed by atoms with van der Waals surface area (Å²) in [5.41, 5.74) is 0.471. The van der Waals surface area contributed by atoms with Crippen LogP contribution in [0.15, 0.2) is 42.5 Å². The predicted molar refractivity (Wildman–Crippen MR) is 100 cm³/mol. The molecule has 1 aromatic rings. The number of nitrogens with one attached hydrogen (secondary N) is 1. The standard InChI is InChI=1S/C20H25N3O4/c1-2-22-12-15-10-6-7-11-16(19(25)23(15)17(13-22)20(26)27)21-18(24)14-8-4-3-5-9-14/h3-9,15-17H,2,10-13H2,1H3,(H,21,24)(H,26,27)/b7-6-/t15-,16-,17-/m0/s1. The molecule has 27 heavy (non-hydrogen) atoms. The van der Waals surface area contributed by atoms with Crippen LogP contribution in [0.4, 0.5) is 0 Å². The Kier molecular flexibility index (Phi) is 5.91. The Hall–Kier alpha value is -2.67. The number of carboxylic acid groups (broad SMARTS) is 1. The minimum atomic E-state index is -1.01. The molecule has 3 rings (SSSR count). The van der Waals surface area contributed by atoms with Crippen molar-refractivity contribution >= 4 is 17.8 Å². The van der Waals surface area contributed by atoms with E-state index in [1.807, 2.05) is 25.1 Å². The van der Waals surface area contributed by atoms with Gasteiger partial charge >= 0.3 is 5.97 Å². The summed E-state index contributed by atoms with van der Waals surface area (Å²) in [6, 6.07) is 6.81. The first-order valence-corrected chi connectivity index (χ1v) is 9.29. The van der Waals surface area contributed by atoms with Crippen molar-refractivity contribution in [3.8, 4) is 0 Å². The van der Waals surface area contributed by atoms with Gasteiger partial charge in [-0.15, -0.1) is 0 Å². The number of carbonyl (C=O) groups is 3. The Morgan fingerprint density at radius 2 is 1.85 bits per heavy atom. The fraction of sp³-hybridized carbons (Fsp3) is 0.450. The molecule has 2 N–H and O–H groups in total. The van der Waals surface area contributed by atoms with E-state index in [4.69, 9.17) is 0 Å². The molecule has 0 saturated carbocycles. The van der Waals surface area contributed by atoms with E-state index in [-0.39, 0.29) is 17.9 Å². The van der Waals surface area contributed by atoms with Crippen molar-refractivity contribution in [1.29, 1.82) is 0 Å². The maximum atomic E-state index is 13.2. The summed E-state index contributed by atoms with van der Waals surface area (Å²) in [4.78, 5) is 41.1. The van der Waals surface area contributed by atoms with E-state index < -0.39 is 18.1 Å². The summed E-state index contributed by atoms with van der Waals surface area (Å²) in [5, 5.41) is 12.5. The van der Waals surface area contributed by atoms with Gasteiger partial charge in [0.15, 0.2) is 0 Å². The van der Waals surface area contributed by atoms with Crippen molar-refractivity contribution in [2.24, 2.45) is 0 Å². The third-order valence-electron chi connectivity index (χ3n) is 5.20. The topological polar surface area (TPSA) is 90.0 Å². The molecule has 2 amide bonds. The van der Waals surface area contributed by atoms with Crippen LogP contribution in [0.25, 0.3) is 0 Å². The van der Waals surface area contributed by atoms with Gasteiger partial charge in [-0.3, -0.25) is 14.5 Å². The number of carbonyl (C=O) groups excluding carboxylic acids is 2. The summed E-state index contributed by atoms with van der Waals surface area (Å²) in [6.45, 7) is 3.66. The maximum absolute atomic E-state index is 13.2. The third-order valence-corrected chi connectivity index (χ3v) is 5.20. The number of piperazine rings is 1. The minimum absolute atomic E-state index is 0.208. The molecule has 2 aliphatic heterocycles. The lowest BCUT2D eigenvalue weighted by molar-refractivity contribution is -0.158. The van der Waals surface area contributed by atoms with Gasteiger partial charge in [0.1, 0.15) is 12.1 Å². The van der Waals surface area contributed by atoms with E-state index in [9.17, 15) is 19.5 Å². The molecule has 0 radical (unpaired) electrons. The second kappa shape index (κ2) is 8.35. The largest absolute Gasteiger partial charge is 0.480 e. The smallest absolute Gasteiger partial charge is 0.327 e. The summed E-state index contributed by atoms with van der Waals surface area (Å²) in [6.07, 6.45) is 4.84. The molecule has 144 valence electrons.